The van der Waals surface area contributed by atoms with E-state index in [9.17, 15) is 10.1 Å². The van der Waals surface area contributed by atoms with Crippen LogP contribution in [0.4, 0.5) is 5.69 Å². The zero-order chi connectivity index (χ0) is 17.7. The van der Waals surface area contributed by atoms with Crippen molar-refractivity contribution in [3.05, 3.63) is 63.1 Å². The third kappa shape index (κ3) is 4.46. The molecular formula is C19H17BrN2O2. The number of aryl methyl sites for hydroxylation is 2. The number of nitrogens with one attached hydrogen (secondary N) is 1. The van der Waals surface area contributed by atoms with Gasteiger partial charge in [0.05, 0.1) is 7.11 Å². The van der Waals surface area contributed by atoms with E-state index >= 15 is 0 Å². The van der Waals surface area contributed by atoms with Crippen LogP contribution in [0.3, 0.4) is 0 Å². The Morgan fingerprint density at radius 2 is 2.00 bits per heavy atom. The fourth-order valence-electron chi connectivity index (χ4n) is 2.24. The fourth-order valence-corrected chi connectivity index (χ4v) is 2.73. The number of amides is 1. The number of nitrogens with zero attached hydrogens (tertiary/aromatic N) is 1. The molecule has 5 heteroatoms. The topological polar surface area (TPSA) is 62.1 Å². The summed E-state index contributed by atoms with van der Waals surface area (Å²) in [6.07, 6.45) is 1.53. The SMILES string of the molecule is COc1cc(Br)cc(/C=C(\C#N)C(=O)Nc2ccc(C)cc2C)c1. The minimum Gasteiger partial charge on any atom is -0.497 e. The van der Waals surface area contributed by atoms with Crippen molar-refractivity contribution in [1.82, 2.24) is 0 Å². The van der Waals surface area contributed by atoms with Crippen LogP contribution < -0.4 is 10.1 Å². The highest BCUT2D eigenvalue weighted by Gasteiger charge is 2.11. The molecule has 0 saturated heterocycles. The van der Waals surface area contributed by atoms with Crippen LogP contribution in [0.1, 0.15) is 16.7 Å². The molecule has 2 aromatic carbocycles. The number of carbonyl (C=O) groups is 1. The summed E-state index contributed by atoms with van der Waals surface area (Å²) >= 11 is 3.38. The molecule has 0 aliphatic heterocycles. The number of hydrogen-bond acceptors (Lipinski definition) is 3. The third-order valence-corrected chi connectivity index (χ3v) is 3.89. The Morgan fingerprint density at radius 1 is 1.25 bits per heavy atom. The molecule has 1 N–H and O–H groups in total. The summed E-state index contributed by atoms with van der Waals surface area (Å²) in [6, 6.07) is 13.0. The van der Waals surface area contributed by atoms with Gasteiger partial charge in [-0.2, -0.15) is 5.26 Å². The Hall–Kier alpha value is -2.58. The van der Waals surface area contributed by atoms with Crippen molar-refractivity contribution >= 4 is 33.6 Å². The van der Waals surface area contributed by atoms with Gasteiger partial charge in [-0.3, -0.25) is 4.79 Å². The molecule has 0 radical (unpaired) electrons. The molecule has 1 amide bonds. The molecule has 0 heterocycles. The van der Waals surface area contributed by atoms with Gasteiger partial charge >= 0.3 is 0 Å². The van der Waals surface area contributed by atoms with Crippen LogP contribution in [0.2, 0.25) is 0 Å². The molecular weight excluding hydrogens is 368 g/mol. The van der Waals surface area contributed by atoms with Crippen LogP contribution >= 0.6 is 15.9 Å². The Bertz CT molecular complexity index is 851. The van der Waals surface area contributed by atoms with Crippen LogP contribution in [0.25, 0.3) is 6.08 Å². The van der Waals surface area contributed by atoms with Crippen LogP contribution in [0.5, 0.6) is 5.75 Å². The molecule has 4 nitrogen and oxygen atoms in total. The highest BCUT2D eigenvalue weighted by molar-refractivity contribution is 9.10. The van der Waals surface area contributed by atoms with Gasteiger partial charge in [-0.1, -0.05) is 33.6 Å². The van der Waals surface area contributed by atoms with Gasteiger partial charge in [0.1, 0.15) is 17.4 Å². The average Bonchev–Trinajstić information content (AvgIpc) is 2.54. The number of benzene rings is 2. The number of nitriles is 1. The summed E-state index contributed by atoms with van der Waals surface area (Å²) in [4.78, 5) is 12.4. The summed E-state index contributed by atoms with van der Waals surface area (Å²) in [7, 11) is 1.56. The molecule has 24 heavy (non-hydrogen) atoms. The monoisotopic (exact) mass is 384 g/mol. The summed E-state index contributed by atoms with van der Waals surface area (Å²) in [6.45, 7) is 3.90. The number of hydrogen-bond donors (Lipinski definition) is 1. The number of anilines is 1. The highest BCUT2D eigenvalue weighted by atomic mass is 79.9. The van der Waals surface area contributed by atoms with Gasteiger partial charge in [-0.15, -0.1) is 0 Å². The minimum absolute atomic E-state index is 0.0233. The van der Waals surface area contributed by atoms with E-state index in [4.69, 9.17) is 4.74 Å². The van der Waals surface area contributed by atoms with Crippen molar-refractivity contribution in [3.8, 4) is 11.8 Å². The average molecular weight is 385 g/mol. The maximum absolute atomic E-state index is 12.4. The van der Waals surface area contributed by atoms with Crippen LogP contribution in [0, 0.1) is 25.2 Å². The lowest BCUT2D eigenvalue weighted by Gasteiger charge is -2.09. The van der Waals surface area contributed by atoms with Gasteiger partial charge in [0, 0.05) is 10.2 Å². The van der Waals surface area contributed by atoms with E-state index in [2.05, 4.69) is 21.2 Å². The third-order valence-electron chi connectivity index (χ3n) is 3.44. The molecule has 0 unspecified atom stereocenters. The van der Waals surface area contributed by atoms with Gasteiger partial charge in [0.25, 0.3) is 5.91 Å². The van der Waals surface area contributed by atoms with Crippen LogP contribution in [-0.2, 0) is 4.79 Å². The van der Waals surface area contributed by atoms with E-state index in [1.165, 1.54) is 6.08 Å². The quantitative estimate of drug-likeness (QED) is 0.617. The fraction of sp³-hybridized carbons (Fsp3) is 0.158. The predicted octanol–water partition coefficient (Wildman–Crippen LogP) is 4.62. The van der Waals surface area contributed by atoms with Crippen molar-refractivity contribution in [1.29, 1.82) is 5.26 Å². The summed E-state index contributed by atoms with van der Waals surface area (Å²) < 4.78 is 6.00. The van der Waals surface area contributed by atoms with Crippen LogP contribution in [0.15, 0.2) is 46.4 Å². The molecule has 0 aromatic heterocycles. The number of methoxy groups -OCH3 is 1. The van der Waals surface area contributed by atoms with Crippen molar-refractivity contribution < 1.29 is 9.53 Å². The molecule has 122 valence electrons. The Balaban J connectivity index is 2.29. The standard InChI is InChI=1S/C19H17BrN2O2/c1-12-4-5-18(13(2)6-12)22-19(23)15(11-21)7-14-8-16(20)10-17(9-14)24-3/h4-10H,1-3H3,(H,22,23)/b15-7+. The number of ether oxygens (including phenoxy) is 1. The van der Waals surface area contributed by atoms with Crippen molar-refractivity contribution in [2.75, 3.05) is 12.4 Å². The lowest BCUT2D eigenvalue weighted by atomic mass is 10.1. The maximum atomic E-state index is 12.4. The smallest absolute Gasteiger partial charge is 0.266 e. The molecule has 0 fully saturated rings. The van der Waals surface area contributed by atoms with Crippen molar-refractivity contribution in [3.63, 3.8) is 0 Å². The minimum atomic E-state index is -0.441. The summed E-state index contributed by atoms with van der Waals surface area (Å²) in [5.74, 6) is 0.200. The lowest BCUT2D eigenvalue weighted by molar-refractivity contribution is -0.112. The van der Waals surface area contributed by atoms with E-state index in [1.54, 1.807) is 19.2 Å². The van der Waals surface area contributed by atoms with E-state index in [1.807, 2.05) is 44.2 Å². The Kier molecular flexibility index (Phi) is 5.78. The molecule has 0 saturated carbocycles. The summed E-state index contributed by atoms with van der Waals surface area (Å²) in [5, 5.41) is 12.1. The maximum Gasteiger partial charge on any atom is 0.266 e. The largest absolute Gasteiger partial charge is 0.497 e. The second-order valence-electron chi connectivity index (χ2n) is 5.37. The molecule has 0 bridgehead atoms. The predicted molar refractivity (Wildman–Crippen MR) is 98.8 cm³/mol. The molecule has 2 rings (SSSR count). The number of halogens is 1. The van der Waals surface area contributed by atoms with E-state index in [0.29, 0.717) is 17.0 Å². The molecule has 0 aliphatic rings. The summed E-state index contributed by atoms with van der Waals surface area (Å²) in [5.41, 5.74) is 3.48. The highest BCUT2D eigenvalue weighted by Crippen LogP contribution is 2.23. The lowest BCUT2D eigenvalue weighted by Crippen LogP contribution is -2.14. The second-order valence-corrected chi connectivity index (χ2v) is 6.28. The Morgan fingerprint density at radius 3 is 2.62 bits per heavy atom. The van der Waals surface area contributed by atoms with Gasteiger partial charge in [-0.05, 0) is 55.3 Å². The van der Waals surface area contributed by atoms with E-state index in [-0.39, 0.29) is 5.57 Å². The second kappa shape index (κ2) is 7.80. The number of carbonyl (C=O) groups excluding carboxylic acids is 1. The van der Waals surface area contributed by atoms with Gasteiger partial charge in [0.15, 0.2) is 0 Å². The van der Waals surface area contributed by atoms with E-state index < -0.39 is 5.91 Å². The van der Waals surface area contributed by atoms with Crippen molar-refractivity contribution in [2.24, 2.45) is 0 Å². The van der Waals surface area contributed by atoms with Gasteiger partial charge in [-0.25, -0.2) is 0 Å². The zero-order valence-electron chi connectivity index (χ0n) is 13.7. The van der Waals surface area contributed by atoms with Crippen LogP contribution in [-0.4, -0.2) is 13.0 Å². The molecule has 0 atom stereocenters. The molecule has 0 spiro atoms. The zero-order valence-corrected chi connectivity index (χ0v) is 15.3. The van der Waals surface area contributed by atoms with Gasteiger partial charge < -0.3 is 10.1 Å². The van der Waals surface area contributed by atoms with Crippen molar-refractivity contribution in [2.45, 2.75) is 13.8 Å². The molecule has 2 aromatic rings. The van der Waals surface area contributed by atoms with Gasteiger partial charge in [0.2, 0.25) is 0 Å². The molecule has 0 aliphatic carbocycles. The Labute approximate surface area is 149 Å². The first-order chi connectivity index (χ1) is 11.4. The normalized spacial score (nSPS) is 10.9. The first-order valence-corrected chi connectivity index (χ1v) is 8.07. The number of rotatable bonds is 4. The first kappa shape index (κ1) is 17.8. The first-order valence-electron chi connectivity index (χ1n) is 7.28. The van der Waals surface area contributed by atoms with E-state index in [0.717, 1.165) is 15.6 Å².